The number of ether oxygens (including phenoxy) is 2. The van der Waals surface area contributed by atoms with Gasteiger partial charge in [0, 0.05) is 19.6 Å². The summed E-state index contributed by atoms with van der Waals surface area (Å²) in [6.45, 7) is -0.377. The molecule has 4 amide bonds. The van der Waals surface area contributed by atoms with Crippen LogP contribution in [0.15, 0.2) is 54.6 Å². The fraction of sp³-hybridized carbons (Fsp3) is 0.346. The lowest BCUT2D eigenvalue weighted by Crippen LogP contribution is -2.58. The van der Waals surface area contributed by atoms with Crippen LogP contribution in [0.3, 0.4) is 0 Å². The smallest absolute Gasteiger partial charge is 0.429 e. The van der Waals surface area contributed by atoms with E-state index in [-0.39, 0.29) is 50.1 Å². The van der Waals surface area contributed by atoms with E-state index in [1.165, 1.54) is 12.1 Å². The zero-order valence-electron chi connectivity index (χ0n) is 20.2. The molecule has 0 aliphatic carbocycles. The number of esters is 1. The molecule has 194 valence electrons. The number of carbonyl (C=O) groups is 5. The van der Waals surface area contributed by atoms with Crippen LogP contribution < -0.4 is 0 Å². The third-order valence-electron chi connectivity index (χ3n) is 6.34. The Morgan fingerprint density at radius 3 is 2.22 bits per heavy atom. The molecule has 0 unspecified atom stereocenters. The molecule has 0 radical (unpaired) electrons. The number of benzene rings is 2. The first-order valence-corrected chi connectivity index (χ1v) is 11.9. The number of fused-ring (bicyclic) bond motifs is 1. The van der Waals surface area contributed by atoms with Crippen molar-refractivity contribution >= 4 is 29.8 Å². The molecule has 37 heavy (non-hydrogen) atoms. The van der Waals surface area contributed by atoms with Crippen LogP contribution in [0.25, 0.3) is 0 Å². The summed E-state index contributed by atoms with van der Waals surface area (Å²) in [6.07, 6.45) is -0.767. The number of aliphatic hydroxyl groups is 1. The highest BCUT2D eigenvalue weighted by Crippen LogP contribution is 2.30. The van der Waals surface area contributed by atoms with Gasteiger partial charge in [-0.1, -0.05) is 42.5 Å². The van der Waals surface area contributed by atoms with Gasteiger partial charge in [-0.3, -0.25) is 19.3 Å². The predicted molar refractivity (Wildman–Crippen MR) is 128 cm³/mol. The molecule has 11 heteroatoms. The lowest BCUT2D eigenvalue weighted by Gasteiger charge is -2.35. The molecular formula is C26H27N3O8. The van der Waals surface area contributed by atoms with Gasteiger partial charge in [-0.05, 0) is 30.5 Å². The Labute approximate surface area is 213 Å². The Kier molecular flexibility index (Phi) is 7.83. The molecule has 0 bridgehead atoms. The largest absolute Gasteiger partial charge is 0.467 e. The van der Waals surface area contributed by atoms with E-state index in [0.29, 0.717) is 0 Å². The summed E-state index contributed by atoms with van der Waals surface area (Å²) in [6, 6.07) is 12.6. The van der Waals surface area contributed by atoms with Crippen LogP contribution >= 0.6 is 0 Å². The standard InChI is InChI=1S/C26H27N3O8/c1-36-25(34)21-13-14-27(26(35)37-16-17-8-3-2-4-9-17)29(21)24(33)20(12-7-15-30)28-22(31)18-10-5-6-11-19(18)23(28)32/h2-6,8-11,20-21,30H,7,12-16H2,1H3/t20-,21-/m0/s1. The second-order valence-electron chi connectivity index (χ2n) is 8.58. The third kappa shape index (κ3) is 5.03. The Morgan fingerprint density at radius 2 is 1.62 bits per heavy atom. The van der Waals surface area contributed by atoms with Gasteiger partial charge in [0.05, 0.1) is 18.2 Å². The minimum Gasteiger partial charge on any atom is -0.467 e. The quantitative estimate of drug-likeness (QED) is 0.420. The van der Waals surface area contributed by atoms with Gasteiger partial charge in [0.15, 0.2) is 6.04 Å². The molecule has 2 aromatic carbocycles. The van der Waals surface area contributed by atoms with Crippen LogP contribution in [0.4, 0.5) is 4.79 Å². The number of hydrogen-bond acceptors (Lipinski definition) is 8. The van der Waals surface area contributed by atoms with Crippen LogP contribution in [0.5, 0.6) is 0 Å². The van der Waals surface area contributed by atoms with Crippen molar-refractivity contribution in [1.82, 2.24) is 14.9 Å². The van der Waals surface area contributed by atoms with Crippen molar-refractivity contribution in [1.29, 1.82) is 0 Å². The molecule has 4 rings (SSSR count). The number of imide groups is 1. The first-order chi connectivity index (χ1) is 17.9. The van der Waals surface area contributed by atoms with E-state index >= 15 is 0 Å². The second-order valence-corrected chi connectivity index (χ2v) is 8.58. The van der Waals surface area contributed by atoms with E-state index in [2.05, 4.69) is 0 Å². The summed E-state index contributed by atoms with van der Waals surface area (Å²) in [5, 5.41) is 11.4. The molecule has 2 aliphatic rings. The molecule has 0 spiro atoms. The molecule has 2 aliphatic heterocycles. The number of rotatable bonds is 8. The van der Waals surface area contributed by atoms with E-state index in [1.54, 1.807) is 36.4 Å². The zero-order chi connectivity index (χ0) is 26.5. The fourth-order valence-corrected chi connectivity index (χ4v) is 4.53. The topological polar surface area (TPSA) is 134 Å². The minimum absolute atomic E-state index is 0.0199. The number of amides is 4. The van der Waals surface area contributed by atoms with Crippen LogP contribution in [0.1, 0.15) is 45.5 Å². The van der Waals surface area contributed by atoms with Crippen LogP contribution in [-0.4, -0.2) is 82.2 Å². The number of methoxy groups -OCH3 is 1. The van der Waals surface area contributed by atoms with Crippen LogP contribution in [0, 0.1) is 0 Å². The highest BCUT2D eigenvalue weighted by Gasteiger charge is 2.50. The van der Waals surface area contributed by atoms with Gasteiger partial charge >= 0.3 is 12.1 Å². The molecule has 2 aromatic rings. The van der Waals surface area contributed by atoms with Crippen molar-refractivity contribution in [3.63, 3.8) is 0 Å². The molecule has 11 nitrogen and oxygen atoms in total. The fourth-order valence-electron chi connectivity index (χ4n) is 4.53. The summed E-state index contributed by atoms with van der Waals surface area (Å²) in [5.41, 5.74) is 1.03. The van der Waals surface area contributed by atoms with Gasteiger partial charge in [0.25, 0.3) is 17.7 Å². The number of nitrogens with zero attached hydrogens (tertiary/aromatic N) is 3. The average molecular weight is 510 g/mol. The second kappa shape index (κ2) is 11.2. The van der Waals surface area contributed by atoms with Crippen molar-refractivity contribution in [2.45, 2.75) is 38.0 Å². The monoisotopic (exact) mass is 509 g/mol. The van der Waals surface area contributed by atoms with E-state index in [4.69, 9.17) is 9.47 Å². The zero-order valence-corrected chi connectivity index (χ0v) is 20.2. The summed E-state index contributed by atoms with van der Waals surface area (Å²) in [4.78, 5) is 66.7. The van der Waals surface area contributed by atoms with Gasteiger partial charge in [0.2, 0.25) is 0 Å². The predicted octanol–water partition coefficient (Wildman–Crippen LogP) is 1.75. The molecule has 2 atom stereocenters. The van der Waals surface area contributed by atoms with E-state index < -0.39 is 41.9 Å². The van der Waals surface area contributed by atoms with Crippen molar-refractivity contribution in [3.05, 3.63) is 71.3 Å². The Hall–Kier alpha value is -4.25. The lowest BCUT2D eigenvalue weighted by atomic mass is 10.1. The van der Waals surface area contributed by atoms with Gasteiger partial charge in [-0.2, -0.15) is 0 Å². The van der Waals surface area contributed by atoms with Crippen molar-refractivity contribution in [2.75, 3.05) is 20.3 Å². The molecule has 0 aromatic heterocycles. The Balaban J connectivity index is 1.63. The van der Waals surface area contributed by atoms with Gasteiger partial charge in [-0.15, -0.1) is 0 Å². The summed E-state index contributed by atoms with van der Waals surface area (Å²) in [7, 11) is 1.16. The van der Waals surface area contributed by atoms with Crippen molar-refractivity contribution in [3.8, 4) is 0 Å². The lowest BCUT2D eigenvalue weighted by molar-refractivity contribution is -0.162. The highest BCUT2D eigenvalue weighted by molar-refractivity contribution is 6.22. The summed E-state index contributed by atoms with van der Waals surface area (Å²) in [5.74, 6) is -2.91. The summed E-state index contributed by atoms with van der Waals surface area (Å²) < 4.78 is 10.2. The minimum atomic E-state index is -1.37. The molecule has 1 saturated heterocycles. The van der Waals surface area contributed by atoms with E-state index in [9.17, 15) is 29.1 Å². The Morgan fingerprint density at radius 1 is 1.00 bits per heavy atom. The van der Waals surface area contributed by atoms with Gasteiger partial charge in [-0.25, -0.2) is 19.6 Å². The third-order valence-corrected chi connectivity index (χ3v) is 6.34. The Bertz CT molecular complexity index is 1170. The highest BCUT2D eigenvalue weighted by atomic mass is 16.6. The van der Waals surface area contributed by atoms with E-state index in [0.717, 1.165) is 27.6 Å². The maximum atomic E-state index is 13.9. The first-order valence-electron chi connectivity index (χ1n) is 11.9. The normalized spacial score (nSPS) is 17.6. The maximum absolute atomic E-state index is 13.9. The number of carbonyl (C=O) groups excluding carboxylic acids is 5. The number of aliphatic hydroxyl groups excluding tert-OH is 1. The molecule has 1 fully saturated rings. The molecule has 2 heterocycles. The molecule has 1 N–H and O–H groups in total. The van der Waals surface area contributed by atoms with Crippen molar-refractivity contribution < 1.29 is 38.6 Å². The van der Waals surface area contributed by atoms with Crippen molar-refractivity contribution in [2.24, 2.45) is 0 Å². The van der Waals surface area contributed by atoms with Crippen LogP contribution in [0.2, 0.25) is 0 Å². The number of hydrogen-bond donors (Lipinski definition) is 1. The SMILES string of the molecule is COC(=O)[C@@H]1CCN(C(=O)OCc2ccccc2)N1C(=O)[C@H](CCCO)N1C(=O)c2ccccc2C1=O. The molecule has 0 saturated carbocycles. The van der Waals surface area contributed by atoms with E-state index in [1.807, 2.05) is 6.07 Å². The molecular weight excluding hydrogens is 482 g/mol. The maximum Gasteiger partial charge on any atom is 0.429 e. The van der Waals surface area contributed by atoms with Gasteiger partial charge < -0.3 is 14.6 Å². The van der Waals surface area contributed by atoms with Gasteiger partial charge in [0.1, 0.15) is 12.6 Å². The first kappa shape index (κ1) is 25.8. The average Bonchev–Trinajstić information content (AvgIpc) is 3.48. The van der Waals surface area contributed by atoms with Crippen LogP contribution in [-0.2, 0) is 25.7 Å². The summed E-state index contributed by atoms with van der Waals surface area (Å²) >= 11 is 0. The number of hydrazine groups is 1.